The Bertz CT molecular complexity index is 1260. The summed E-state index contributed by atoms with van der Waals surface area (Å²) in [5.41, 5.74) is 6.41. The topological polar surface area (TPSA) is 116 Å². The molecule has 0 saturated heterocycles. The van der Waals surface area contributed by atoms with Gasteiger partial charge in [-0.1, -0.05) is 6.07 Å². The van der Waals surface area contributed by atoms with Crippen LogP contribution in [0.4, 0.5) is 16.5 Å². The van der Waals surface area contributed by atoms with Crippen LogP contribution in [0.25, 0.3) is 11.3 Å². The van der Waals surface area contributed by atoms with E-state index in [1.807, 2.05) is 42.6 Å². The number of pyridine rings is 1. The van der Waals surface area contributed by atoms with Crippen molar-refractivity contribution in [1.29, 1.82) is 0 Å². The van der Waals surface area contributed by atoms with E-state index in [-0.39, 0.29) is 11.5 Å². The van der Waals surface area contributed by atoms with Crippen molar-refractivity contribution >= 4 is 39.7 Å². The molecule has 0 aliphatic rings. The molecule has 0 aliphatic heterocycles. The number of hydrogen-bond donors (Lipinski definition) is 4. The zero-order chi connectivity index (χ0) is 22.5. The first kappa shape index (κ1) is 21.2. The molecule has 0 saturated carbocycles. The SMILES string of the molecule is Cc1ccc(NC(=O)c2ccc(C(=O)NO)cc2)cc1Nc1nc(-c2cccnc2)cs1. The Morgan fingerprint density at radius 1 is 1.00 bits per heavy atom. The van der Waals surface area contributed by atoms with Crippen molar-refractivity contribution < 1.29 is 14.8 Å². The van der Waals surface area contributed by atoms with E-state index in [2.05, 4.69) is 20.6 Å². The van der Waals surface area contributed by atoms with Crippen LogP contribution in [0.3, 0.4) is 0 Å². The molecule has 9 heteroatoms. The minimum atomic E-state index is -0.639. The summed E-state index contributed by atoms with van der Waals surface area (Å²) in [5, 5.41) is 17.5. The Morgan fingerprint density at radius 2 is 1.75 bits per heavy atom. The standard InChI is InChI=1S/C23H19N5O3S/c1-14-4-9-18(25-21(29)15-5-7-16(8-6-15)22(30)28-31)11-19(14)26-23-27-20(13-32-23)17-3-2-10-24-12-17/h2-13,31H,1H3,(H,25,29)(H,26,27)(H,28,30). The van der Waals surface area contributed by atoms with Gasteiger partial charge in [-0.05, 0) is 61.0 Å². The molecular formula is C23H19N5O3S. The molecule has 4 rings (SSSR count). The summed E-state index contributed by atoms with van der Waals surface area (Å²) in [6, 6.07) is 15.3. The molecule has 0 bridgehead atoms. The Labute approximate surface area is 187 Å². The molecule has 160 valence electrons. The number of hydrogen-bond acceptors (Lipinski definition) is 7. The van der Waals surface area contributed by atoms with Gasteiger partial charge in [-0.3, -0.25) is 19.8 Å². The lowest BCUT2D eigenvalue weighted by Crippen LogP contribution is -2.19. The minimum absolute atomic E-state index is 0.250. The fraction of sp³-hybridized carbons (Fsp3) is 0.0435. The summed E-state index contributed by atoms with van der Waals surface area (Å²) in [6.45, 7) is 1.97. The number of carbonyl (C=O) groups excluding carboxylic acids is 2. The first-order valence-electron chi connectivity index (χ1n) is 9.63. The quantitative estimate of drug-likeness (QED) is 0.254. The van der Waals surface area contributed by atoms with Gasteiger partial charge in [0, 0.05) is 45.8 Å². The maximum absolute atomic E-state index is 12.6. The van der Waals surface area contributed by atoms with Crippen LogP contribution in [0, 0.1) is 6.92 Å². The van der Waals surface area contributed by atoms with E-state index in [4.69, 9.17) is 5.21 Å². The normalized spacial score (nSPS) is 10.4. The molecule has 2 amide bonds. The molecule has 2 heterocycles. The first-order chi connectivity index (χ1) is 15.5. The second-order valence-corrected chi connectivity index (χ2v) is 7.76. The lowest BCUT2D eigenvalue weighted by molar-refractivity contribution is 0.0706. The summed E-state index contributed by atoms with van der Waals surface area (Å²) < 4.78 is 0. The highest BCUT2D eigenvalue weighted by molar-refractivity contribution is 7.14. The molecule has 0 spiro atoms. The highest BCUT2D eigenvalue weighted by Crippen LogP contribution is 2.29. The number of hydroxylamine groups is 1. The lowest BCUT2D eigenvalue weighted by Gasteiger charge is -2.11. The van der Waals surface area contributed by atoms with Crippen molar-refractivity contribution in [2.24, 2.45) is 0 Å². The van der Waals surface area contributed by atoms with Gasteiger partial charge < -0.3 is 10.6 Å². The van der Waals surface area contributed by atoms with Crippen molar-refractivity contribution in [2.45, 2.75) is 6.92 Å². The zero-order valence-corrected chi connectivity index (χ0v) is 17.8. The Morgan fingerprint density at radius 3 is 2.44 bits per heavy atom. The van der Waals surface area contributed by atoms with Crippen molar-refractivity contribution in [3.63, 3.8) is 0 Å². The van der Waals surface area contributed by atoms with Crippen LogP contribution in [0.5, 0.6) is 0 Å². The van der Waals surface area contributed by atoms with Crippen molar-refractivity contribution in [3.8, 4) is 11.3 Å². The Hall–Kier alpha value is -4.08. The molecule has 4 aromatic rings. The fourth-order valence-corrected chi connectivity index (χ4v) is 3.70. The van der Waals surface area contributed by atoms with Gasteiger partial charge in [0.2, 0.25) is 0 Å². The van der Waals surface area contributed by atoms with Gasteiger partial charge in [-0.2, -0.15) is 0 Å². The summed E-state index contributed by atoms with van der Waals surface area (Å²) in [6.07, 6.45) is 3.49. The molecule has 0 atom stereocenters. The number of carbonyl (C=O) groups is 2. The van der Waals surface area contributed by atoms with E-state index in [0.29, 0.717) is 11.3 Å². The average molecular weight is 446 g/mol. The van der Waals surface area contributed by atoms with E-state index < -0.39 is 5.91 Å². The molecule has 0 unspecified atom stereocenters. The number of amides is 2. The molecule has 0 fully saturated rings. The van der Waals surface area contributed by atoms with Crippen molar-refractivity contribution in [2.75, 3.05) is 10.6 Å². The third kappa shape index (κ3) is 4.80. The van der Waals surface area contributed by atoms with Gasteiger partial charge in [0.05, 0.1) is 5.69 Å². The molecule has 4 N–H and O–H groups in total. The van der Waals surface area contributed by atoms with Crippen LogP contribution in [0.1, 0.15) is 26.3 Å². The van der Waals surface area contributed by atoms with E-state index >= 15 is 0 Å². The molecule has 0 aliphatic carbocycles. The number of anilines is 3. The largest absolute Gasteiger partial charge is 0.331 e. The van der Waals surface area contributed by atoms with Gasteiger partial charge in [-0.25, -0.2) is 10.5 Å². The van der Waals surface area contributed by atoms with Crippen LogP contribution in [0.2, 0.25) is 0 Å². The lowest BCUT2D eigenvalue weighted by atomic mass is 10.1. The maximum Gasteiger partial charge on any atom is 0.274 e. The third-order valence-electron chi connectivity index (χ3n) is 4.71. The fourth-order valence-electron chi connectivity index (χ4n) is 2.97. The summed E-state index contributed by atoms with van der Waals surface area (Å²) in [5.74, 6) is -0.955. The average Bonchev–Trinajstić information content (AvgIpc) is 3.30. The molecule has 32 heavy (non-hydrogen) atoms. The second kappa shape index (κ2) is 9.38. The van der Waals surface area contributed by atoms with Crippen LogP contribution in [0.15, 0.2) is 72.4 Å². The van der Waals surface area contributed by atoms with Crippen LogP contribution >= 0.6 is 11.3 Å². The smallest absolute Gasteiger partial charge is 0.274 e. The van der Waals surface area contributed by atoms with Crippen molar-refractivity contribution in [1.82, 2.24) is 15.4 Å². The minimum Gasteiger partial charge on any atom is -0.331 e. The predicted octanol–water partition coefficient (Wildman–Crippen LogP) is 4.63. The third-order valence-corrected chi connectivity index (χ3v) is 5.47. The number of aromatic nitrogens is 2. The summed E-state index contributed by atoms with van der Waals surface area (Å²) in [7, 11) is 0. The van der Waals surface area contributed by atoms with Gasteiger partial charge in [0.25, 0.3) is 11.8 Å². The van der Waals surface area contributed by atoms with E-state index in [1.54, 1.807) is 17.9 Å². The first-order valence-corrected chi connectivity index (χ1v) is 10.5. The molecule has 2 aromatic heterocycles. The number of nitrogens with zero attached hydrogens (tertiary/aromatic N) is 2. The summed E-state index contributed by atoms with van der Waals surface area (Å²) >= 11 is 1.48. The second-order valence-electron chi connectivity index (χ2n) is 6.91. The van der Waals surface area contributed by atoms with E-state index in [9.17, 15) is 9.59 Å². The van der Waals surface area contributed by atoms with Gasteiger partial charge in [-0.15, -0.1) is 11.3 Å². The Balaban J connectivity index is 1.47. The summed E-state index contributed by atoms with van der Waals surface area (Å²) in [4.78, 5) is 32.7. The number of nitrogens with one attached hydrogen (secondary N) is 3. The maximum atomic E-state index is 12.6. The monoisotopic (exact) mass is 445 g/mol. The highest BCUT2D eigenvalue weighted by Gasteiger charge is 2.11. The van der Waals surface area contributed by atoms with E-state index in [0.717, 1.165) is 27.6 Å². The van der Waals surface area contributed by atoms with Gasteiger partial charge in [0.1, 0.15) is 0 Å². The number of aryl methyl sites for hydroxylation is 1. The molecular weight excluding hydrogens is 426 g/mol. The molecule has 8 nitrogen and oxygen atoms in total. The molecule has 2 aromatic carbocycles. The van der Waals surface area contributed by atoms with Crippen LogP contribution in [-0.2, 0) is 0 Å². The zero-order valence-electron chi connectivity index (χ0n) is 17.0. The number of thiazole rings is 1. The van der Waals surface area contributed by atoms with E-state index in [1.165, 1.54) is 35.6 Å². The highest BCUT2D eigenvalue weighted by atomic mass is 32.1. The van der Waals surface area contributed by atoms with Gasteiger partial charge >= 0.3 is 0 Å². The Kier molecular flexibility index (Phi) is 6.20. The molecule has 0 radical (unpaired) electrons. The van der Waals surface area contributed by atoms with Crippen LogP contribution in [-0.4, -0.2) is 27.0 Å². The number of benzene rings is 2. The number of rotatable bonds is 6. The van der Waals surface area contributed by atoms with Crippen molar-refractivity contribution in [3.05, 3.63) is 89.1 Å². The van der Waals surface area contributed by atoms with Crippen LogP contribution < -0.4 is 16.1 Å². The predicted molar refractivity (Wildman–Crippen MR) is 123 cm³/mol. The van der Waals surface area contributed by atoms with Gasteiger partial charge in [0.15, 0.2) is 5.13 Å².